The van der Waals surface area contributed by atoms with Crippen LogP contribution in [0.5, 0.6) is 0 Å². The maximum Gasteiger partial charge on any atom is 0.000966 e. The third-order valence-corrected chi connectivity index (χ3v) is 3.88. The molecule has 17 heavy (non-hydrogen) atoms. The van der Waals surface area contributed by atoms with Gasteiger partial charge in [-0.15, -0.1) is 0 Å². The van der Waals surface area contributed by atoms with Gasteiger partial charge in [0.2, 0.25) is 0 Å². The van der Waals surface area contributed by atoms with E-state index in [1.165, 1.54) is 58.2 Å². The highest BCUT2D eigenvalue weighted by atomic mass is 15.1. The van der Waals surface area contributed by atoms with Gasteiger partial charge in [0.15, 0.2) is 0 Å². The summed E-state index contributed by atoms with van der Waals surface area (Å²) < 4.78 is 0. The van der Waals surface area contributed by atoms with Crippen molar-refractivity contribution < 1.29 is 0 Å². The topological polar surface area (TPSA) is 29.3 Å². The van der Waals surface area contributed by atoms with Gasteiger partial charge in [-0.05, 0) is 63.1 Å². The van der Waals surface area contributed by atoms with Crippen LogP contribution in [0.4, 0.5) is 0 Å². The van der Waals surface area contributed by atoms with Gasteiger partial charge in [-0.25, -0.2) is 0 Å². The third-order valence-electron chi connectivity index (χ3n) is 3.88. The van der Waals surface area contributed by atoms with Crippen molar-refractivity contribution in [2.24, 2.45) is 17.1 Å². The second kappa shape index (κ2) is 7.38. The summed E-state index contributed by atoms with van der Waals surface area (Å²) >= 11 is 0. The van der Waals surface area contributed by atoms with Crippen LogP contribution >= 0.6 is 0 Å². The Bertz CT molecular complexity index is 197. The van der Waals surface area contributed by atoms with E-state index in [4.69, 9.17) is 5.73 Å². The molecule has 0 saturated heterocycles. The Labute approximate surface area is 108 Å². The molecule has 2 N–H and O–H groups in total. The molecule has 0 aromatic rings. The van der Waals surface area contributed by atoms with Crippen molar-refractivity contribution in [1.82, 2.24) is 4.90 Å². The fourth-order valence-electron chi connectivity index (χ4n) is 2.32. The van der Waals surface area contributed by atoms with Gasteiger partial charge < -0.3 is 10.6 Å². The lowest BCUT2D eigenvalue weighted by Gasteiger charge is -2.24. The Morgan fingerprint density at radius 2 is 1.88 bits per heavy atom. The molecule has 0 aromatic heterocycles. The quantitative estimate of drug-likeness (QED) is 0.594. The molecule has 0 spiro atoms. The number of hydrogen-bond acceptors (Lipinski definition) is 2. The summed E-state index contributed by atoms with van der Waals surface area (Å²) in [6.07, 6.45) is 8.18. The average molecular weight is 240 g/mol. The van der Waals surface area contributed by atoms with E-state index in [0.717, 1.165) is 12.5 Å². The molecule has 0 amide bonds. The maximum absolute atomic E-state index is 5.76. The van der Waals surface area contributed by atoms with Gasteiger partial charge in [0.25, 0.3) is 0 Å². The molecular weight excluding hydrogens is 208 g/mol. The van der Waals surface area contributed by atoms with Crippen molar-refractivity contribution in [3.8, 4) is 0 Å². The van der Waals surface area contributed by atoms with Crippen LogP contribution < -0.4 is 5.73 Å². The zero-order valence-electron chi connectivity index (χ0n) is 12.2. The van der Waals surface area contributed by atoms with E-state index in [1.54, 1.807) is 0 Å². The normalized spacial score (nSPS) is 16.8. The van der Waals surface area contributed by atoms with E-state index in [0.29, 0.717) is 5.41 Å². The average Bonchev–Trinajstić information content (AvgIpc) is 3.08. The Balaban J connectivity index is 2.08. The number of unbranched alkanes of at least 4 members (excludes halogenated alkanes) is 1. The minimum atomic E-state index is 0.339. The SMILES string of the molecule is CCCN(CCCCC(C)(C)CN)CC1CC1. The highest BCUT2D eigenvalue weighted by Crippen LogP contribution is 2.30. The van der Waals surface area contributed by atoms with Gasteiger partial charge >= 0.3 is 0 Å². The number of nitrogens with two attached hydrogens (primary N) is 1. The standard InChI is InChI=1S/C15H32N2/c1-4-10-17(12-14-7-8-14)11-6-5-9-15(2,3)13-16/h14H,4-13,16H2,1-3H3. The fraction of sp³-hybridized carbons (Fsp3) is 1.00. The minimum absolute atomic E-state index is 0.339. The smallest absolute Gasteiger partial charge is 0.000966 e. The lowest BCUT2D eigenvalue weighted by atomic mass is 9.87. The molecule has 1 aliphatic rings. The Morgan fingerprint density at radius 1 is 1.18 bits per heavy atom. The molecule has 0 aromatic carbocycles. The van der Waals surface area contributed by atoms with Crippen molar-refractivity contribution in [2.45, 2.75) is 59.3 Å². The van der Waals surface area contributed by atoms with Crippen molar-refractivity contribution in [3.05, 3.63) is 0 Å². The summed E-state index contributed by atoms with van der Waals surface area (Å²) in [4.78, 5) is 2.67. The molecule has 1 aliphatic carbocycles. The van der Waals surface area contributed by atoms with Crippen LogP contribution in [0.25, 0.3) is 0 Å². The van der Waals surface area contributed by atoms with Crippen molar-refractivity contribution in [1.29, 1.82) is 0 Å². The fourth-order valence-corrected chi connectivity index (χ4v) is 2.32. The molecule has 1 fully saturated rings. The first-order valence-corrected chi connectivity index (χ1v) is 7.50. The molecule has 2 nitrogen and oxygen atoms in total. The van der Waals surface area contributed by atoms with E-state index < -0.39 is 0 Å². The van der Waals surface area contributed by atoms with Crippen LogP contribution in [0, 0.1) is 11.3 Å². The second-order valence-electron chi connectivity index (χ2n) is 6.57. The van der Waals surface area contributed by atoms with Gasteiger partial charge in [-0.1, -0.05) is 27.2 Å². The molecule has 0 aliphatic heterocycles. The summed E-state index contributed by atoms with van der Waals surface area (Å²) in [5.74, 6) is 1.03. The van der Waals surface area contributed by atoms with Gasteiger partial charge in [0.1, 0.15) is 0 Å². The Hall–Kier alpha value is -0.0800. The molecule has 102 valence electrons. The third kappa shape index (κ3) is 7.05. The summed E-state index contributed by atoms with van der Waals surface area (Å²) in [5, 5.41) is 0. The van der Waals surface area contributed by atoms with Crippen molar-refractivity contribution >= 4 is 0 Å². The highest BCUT2D eigenvalue weighted by molar-refractivity contribution is 4.77. The van der Waals surface area contributed by atoms with Crippen molar-refractivity contribution in [3.63, 3.8) is 0 Å². The van der Waals surface area contributed by atoms with Gasteiger partial charge in [0.05, 0.1) is 0 Å². The molecule has 1 saturated carbocycles. The van der Waals surface area contributed by atoms with Crippen LogP contribution in [-0.4, -0.2) is 31.1 Å². The maximum atomic E-state index is 5.76. The van der Waals surface area contributed by atoms with E-state index in [2.05, 4.69) is 25.7 Å². The molecule has 0 heterocycles. The lowest BCUT2D eigenvalue weighted by molar-refractivity contribution is 0.247. The zero-order valence-corrected chi connectivity index (χ0v) is 12.2. The molecule has 0 atom stereocenters. The number of rotatable bonds is 10. The van der Waals surface area contributed by atoms with Gasteiger partial charge in [0, 0.05) is 6.54 Å². The molecular formula is C15H32N2. The van der Waals surface area contributed by atoms with Crippen LogP contribution in [0.15, 0.2) is 0 Å². The number of hydrogen-bond donors (Lipinski definition) is 1. The van der Waals surface area contributed by atoms with Gasteiger partial charge in [-0.2, -0.15) is 0 Å². The zero-order chi connectivity index (χ0) is 12.7. The van der Waals surface area contributed by atoms with E-state index in [-0.39, 0.29) is 0 Å². The van der Waals surface area contributed by atoms with Crippen LogP contribution in [0.1, 0.15) is 59.3 Å². The number of nitrogens with zero attached hydrogens (tertiary/aromatic N) is 1. The first-order valence-electron chi connectivity index (χ1n) is 7.50. The van der Waals surface area contributed by atoms with Crippen LogP contribution in [0.2, 0.25) is 0 Å². The van der Waals surface area contributed by atoms with E-state index in [9.17, 15) is 0 Å². The van der Waals surface area contributed by atoms with Crippen molar-refractivity contribution in [2.75, 3.05) is 26.2 Å². The Kier molecular flexibility index (Phi) is 6.50. The largest absolute Gasteiger partial charge is 0.330 e. The summed E-state index contributed by atoms with van der Waals surface area (Å²) in [7, 11) is 0. The molecule has 1 rings (SSSR count). The van der Waals surface area contributed by atoms with E-state index in [1.807, 2.05) is 0 Å². The summed E-state index contributed by atoms with van der Waals surface area (Å²) in [5.41, 5.74) is 6.10. The molecule has 0 bridgehead atoms. The minimum Gasteiger partial charge on any atom is -0.330 e. The lowest BCUT2D eigenvalue weighted by Crippen LogP contribution is -2.28. The predicted octanol–water partition coefficient (Wildman–Crippen LogP) is 3.26. The highest BCUT2D eigenvalue weighted by Gasteiger charge is 2.23. The first kappa shape index (κ1) is 15.0. The van der Waals surface area contributed by atoms with Crippen LogP contribution in [-0.2, 0) is 0 Å². The monoisotopic (exact) mass is 240 g/mol. The molecule has 0 radical (unpaired) electrons. The van der Waals surface area contributed by atoms with Crippen LogP contribution in [0.3, 0.4) is 0 Å². The summed E-state index contributed by atoms with van der Waals surface area (Å²) in [6, 6.07) is 0. The first-order chi connectivity index (χ1) is 8.07. The predicted molar refractivity (Wildman–Crippen MR) is 76.1 cm³/mol. The molecule has 2 heteroatoms. The van der Waals surface area contributed by atoms with Gasteiger partial charge in [-0.3, -0.25) is 0 Å². The summed E-state index contributed by atoms with van der Waals surface area (Å²) in [6.45, 7) is 11.6. The Morgan fingerprint density at radius 3 is 2.41 bits per heavy atom. The van der Waals surface area contributed by atoms with E-state index >= 15 is 0 Å². The molecule has 0 unspecified atom stereocenters. The second-order valence-corrected chi connectivity index (χ2v) is 6.57.